The van der Waals surface area contributed by atoms with Crippen molar-refractivity contribution < 1.29 is 4.79 Å². The molecule has 1 heterocycles. The Balaban J connectivity index is 2.19. The summed E-state index contributed by atoms with van der Waals surface area (Å²) in [7, 11) is 1.68. The maximum atomic E-state index is 12.4. The molecule has 0 aliphatic carbocycles. The zero-order valence-corrected chi connectivity index (χ0v) is 13.5. The molecule has 0 unspecified atom stereocenters. The van der Waals surface area contributed by atoms with Gasteiger partial charge in [-0.3, -0.25) is 4.79 Å². The summed E-state index contributed by atoms with van der Waals surface area (Å²) in [6.07, 6.45) is 1.54. The first-order chi connectivity index (χ1) is 10.0. The highest BCUT2D eigenvalue weighted by Gasteiger charge is 2.17. The van der Waals surface area contributed by atoms with Crippen LogP contribution in [0.25, 0.3) is 0 Å². The van der Waals surface area contributed by atoms with Crippen molar-refractivity contribution in [2.75, 3.05) is 7.05 Å². The third kappa shape index (κ3) is 3.81. The number of hydrogen-bond donors (Lipinski definition) is 0. The molecule has 1 aromatic heterocycles. The number of nitrogens with zero attached hydrogens (tertiary/aromatic N) is 3. The Kier molecular flexibility index (Phi) is 4.94. The third-order valence-electron chi connectivity index (χ3n) is 2.86. The predicted molar refractivity (Wildman–Crippen MR) is 83.9 cm³/mol. The van der Waals surface area contributed by atoms with Crippen LogP contribution in [-0.4, -0.2) is 22.8 Å². The van der Waals surface area contributed by atoms with Crippen LogP contribution in [0.5, 0.6) is 0 Å². The van der Waals surface area contributed by atoms with E-state index in [1.165, 1.54) is 11.1 Å². The Hall–Kier alpha value is -1.90. The van der Waals surface area contributed by atoms with Crippen molar-refractivity contribution >= 4 is 33.4 Å². The van der Waals surface area contributed by atoms with Crippen LogP contribution in [0.4, 0.5) is 0 Å². The van der Waals surface area contributed by atoms with Crippen LogP contribution in [0.1, 0.15) is 21.5 Å². The summed E-state index contributed by atoms with van der Waals surface area (Å²) in [5, 5.41) is 9.06. The average molecular weight is 365 g/mol. The van der Waals surface area contributed by atoms with Crippen molar-refractivity contribution in [2.24, 2.45) is 0 Å². The number of carbonyl (C=O) groups is 1. The van der Waals surface area contributed by atoms with E-state index in [-0.39, 0.29) is 11.1 Å². The van der Waals surface area contributed by atoms with Crippen LogP contribution < -0.4 is 0 Å². The Bertz CT molecular complexity index is 727. The topological polar surface area (TPSA) is 57.0 Å². The molecule has 6 heteroatoms. The first-order valence-electron chi connectivity index (χ1n) is 6.07. The van der Waals surface area contributed by atoms with Crippen molar-refractivity contribution in [3.05, 3.63) is 62.8 Å². The summed E-state index contributed by atoms with van der Waals surface area (Å²) in [6, 6.07) is 10.9. The van der Waals surface area contributed by atoms with Crippen molar-refractivity contribution in [1.29, 1.82) is 5.26 Å². The van der Waals surface area contributed by atoms with E-state index in [0.29, 0.717) is 22.1 Å². The number of aromatic nitrogens is 1. The normalized spacial score (nSPS) is 10.0. The molecular weight excluding hydrogens is 354 g/mol. The number of nitriles is 1. The third-order valence-corrected chi connectivity index (χ3v) is 3.59. The Labute approximate surface area is 136 Å². The monoisotopic (exact) mass is 363 g/mol. The minimum Gasteiger partial charge on any atom is -0.337 e. The number of halogens is 2. The molecule has 4 nitrogen and oxygen atoms in total. The van der Waals surface area contributed by atoms with Gasteiger partial charge in [-0.1, -0.05) is 23.7 Å². The lowest BCUT2D eigenvalue weighted by Crippen LogP contribution is -2.26. The van der Waals surface area contributed by atoms with Crippen molar-refractivity contribution in [3.63, 3.8) is 0 Å². The van der Waals surface area contributed by atoms with Gasteiger partial charge in [0.1, 0.15) is 5.15 Å². The number of rotatable bonds is 3. The van der Waals surface area contributed by atoms with Gasteiger partial charge >= 0.3 is 0 Å². The Morgan fingerprint density at radius 1 is 1.48 bits per heavy atom. The average Bonchev–Trinajstić information content (AvgIpc) is 2.49. The zero-order chi connectivity index (χ0) is 15.4. The lowest BCUT2D eigenvalue weighted by atomic mass is 10.1. The zero-order valence-electron chi connectivity index (χ0n) is 11.2. The van der Waals surface area contributed by atoms with Crippen LogP contribution in [0.3, 0.4) is 0 Å². The van der Waals surface area contributed by atoms with E-state index in [4.69, 9.17) is 16.9 Å². The molecule has 0 fully saturated rings. The number of benzene rings is 1. The van der Waals surface area contributed by atoms with E-state index in [9.17, 15) is 4.79 Å². The van der Waals surface area contributed by atoms with Gasteiger partial charge in [0.25, 0.3) is 5.91 Å². The van der Waals surface area contributed by atoms with Gasteiger partial charge in [0, 0.05) is 24.3 Å². The molecule has 106 valence electrons. The van der Waals surface area contributed by atoms with Crippen molar-refractivity contribution in [2.45, 2.75) is 6.54 Å². The van der Waals surface area contributed by atoms with Crippen LogP contribution in [-0.2, 0) is 6.54 Å². The van der Waals surface area contributed by atoms with Crippen molar-refractivity contribution in [3.8, 4) is 6.07 Å². The number of carbonyl (C=O) groups excluding carboxylic acids is 1. The van der Waals surface area contributed by atoms with E-state index in [2.05, 4.69) is 27.0 Å². The molecule has 0 aliphatic heterocycles. The molecule has 0 saturated heterocycles. The molecule has 0 radical (unpaired) electrons. The van der Waals surface area contributed by atoms with Crippen LogP contribution >= 0.6 is 27.5 Å². The standard InChI is InChI=1S/C15H11BrClN3O/c1-20(9-11-4-2-3-10(5-11)7-18)15(21)13-6-12(16)8-19-14(13)17/h2-6,8H,9H2,1H3. The fourth-order valence-corrected chi connectivity index (χ4v) is 2.38. The van der Waals surface area contributed by atoms with Gasteiger partial charge in [0.05, 0.1) is 17.2 Å². The van der Waals surface area contributed by atoms with Gasteiger partial charge in [-0.15, -0.1) is 0 Å². The fourth-order valence-electron chi connectivity index (χ4n) is 1.86. The van der Waals surface area contributed by atoms with E-state index in [1.54, 1.807) is 31.3 Å². The molecule has 0 bridgehead atoms. The van der Waals surface area contributed by atoms with E-state index in [0.717, 1.165) is 5.56 Å². The second-order valence-corrected chi connectivity index (χ2v) is 5.74. The summed E-state index contributed by atoms with van der Waals surface area (Å²) >= 11 is 9.23. The van der Waals surface area contributed by atoms with Gasteiger partial charge in [-0.2, -0.15) is 5.26 Å². The van der Waals surface area contributed by atoms with E-state index in [1.807, 2.05) is 6.07 Å². The summed E-state index contributed by atoms with van der Waals surface area (Å²) in [6.45, 7) is 0.386. The second-order valence-electron chi connectivity index (χ2n) is 4.47. The molecule has 0 aliphatic rings. The molecular formula is C15H11BrClN3O. The summed E-state index contributed by atoms with van der Waals surface area (Å²) < 4.78 is 0.690. The quantitative estimate of drug-likeness (QED) is 0.781. The molecule has 2 aromatic rings. The van der Waals surface area contributed by atoms with Gasteiger partial charge in [0.15, 0.2) is 0 Å². The molecule has 0 atom stereocenters. The van der Waals surface area contributed by atoms with E-state index >= 15 is 0 Å². The number of amides is 1. The second kappa shape index (κ2) is 6.70. The summed E-state index contributed by atoms with van der Waals surface area (Å²) in [5.74, 6) is -0.226. The maximum absolute atomic E-state index is 12.4. The first-order valence-corrected chi connectivity index (χ1v) is 7.24. The summed E-state index contributed by atoms with van der Waals surface area (Å²) in [4.78, 5) is 17.9. The number of hydrogen-bond acceptors (Lipinski definition) is 3. The number of pyridine rings is 1. The van der Waals surface area contributed by atoms with Crippen LogP contribution in [0, 0.1) is 11.3 Å². The smallest absolute Gasteiger partial charge is 0.257 e. The van der Waals surface area contributed by atoms with Gasteiger partial charge in [0.2, 0.25) is 0 Å². The highest BCUT2D eigenvalue weighted by molar-refractivity contribution is 9.10. The van der Waals surface area contributed by atoms with Crippen LogP contribution in [0.2, 0.25) is 5.15 Å². The maximum Gasteiger partial charge on any atom is 0.257 e. The van der Waals surface area contributed by atoms with Crippen molar-refractivity contribution in [1.82, 2.24) is 9.88 Å². The Morgan fingerprint density at radius 2 is 2.24 bits per heavy atom. The molecule has 0 N–H and O–H groups in total. The van der Waals surface area contributed by atoms with E-state index < -0.39 is 0 Å². The minimum absolute atomic E-state index is 0.167. The van der Waals surface area contributed by atoms with Crippen LogP contribution in [0.15, 0.2) is 41.0 Å². The SMILES string of the molecule is CN(Cc1cccc(C#N)c1)C(=O)c1cc(Br)cnc1Cl. The first kappa shape index (κ1) is 15.5. The molecule has 21 heavy (non-hydrogen) atoms. The largest absolute Gasteiger partial charge is 0.337 e. The highest BCUT2D eigenvalue weighted by Crippen LogP contribution is 2.20. The molecule has 2 rings (SSSR count). The summed E-state index contributed by atoms with van der Waals surface area (Å²) in [5.41, 5.74) is 1.78. The van der Waals surface area contributed by atoms with Gasteiger partial charge in [-0.25, -0.2) is 4.98 Å². The molecule has 0 saturated carbocycles. The lowest BCUT2D eigenvalue weighted by molar-refractivity contribution is 0.0785. The highest BCUT2D eigenvalue weighted by atomic mass is 79.9. The fraction of sp³-hybridized carbons (Fsp3) is 0.133. The molecule has 1 amide bonds. The molecule has 1 aromatic carbocycles. The van der Waals surface area contributed by atoms with Gasteiger partial charge in [-0.05, 0) is 39.7 Å². The molecule has 0 spiro atoms. The minimum atomic E-state index is -0.226. The Morgan fingerprint density at radius 3 is 2.95 bits per heavy atom. The van der Waals surface area contributed by atoms with Gasteiger partial charge < -0.3 is 4.90 Å². The lowest BCUT2D eigenvalue weighted by Gasteiger charge is -2.18. The predicted octanol–water partition coefficient (Wildman–Crippen LogP) is 3.64.